The molecule has 1 aliphatic carbocycles. The smallest absolute Gasteiger partial charge is 0.307 e. The maximum Gasteiger partial charge on any atom is 0.307 e. The van der Waals surface area contributed by atoms with Crippen molar-refractivity contribution >= 4 is 45.1 Å². The van der Waals surface area contributed by atoms with E-state index in [0.29, 0.717) is 28.2 Å². The third kappa shape index (κ3) is 3.37. The lowest BCUT2D eigenvalue weighted by Gasteiger charge is -2.24. The number of hydrogen-bond donors (Lipinski definition) is 2. The highest BCUT2D eigenvalue weighted by Gasteiger charge is 2.33. The van der Waals surface area contributed by atoms with E-state index in [4.69, 9.17) is 16.7 Å². The van der Waals surface area contributed by atoms with Gasteiger partial charge in [-0.1, -0.05) is 23.8 Å². The van der Waals surface area contributed by atoms with Crippen molar-refractivity contribution in [2.45, 2.75) is 12.8 Å². The van der Waals surface area contributed by atoms with Gasteiger partial charge in [0.2, 0.25) is 5.91 Å². The van der Waals surface area contributed by atoms with Crippen LogP contribution in [0, 0.1) is 11.8 Å². The normalized spacial score (nSPS) is 21.5. The van der Waals surface area contributed by atoms with Crippen molar-refractivity contribution in [3.8, 4) is 0 Å². The average molecular weight is 360 g/mol. The Morgan fingerprint density at radius 2 is 2.00 bits per heavy atom. The summed E-state index contributed by atoms with van der Waals surface area (Å²) in [5.41, 5.74) is 0.477. The predicted octanol–water partition coefficient (Wildman–Crippen LogP) is 3.10. The number of halogens is 2. The van der Waals surface area contributed by atoms with Crippen LogP contribution in [0.5, 0.6) is 0 Å². The van der Waals surface area contributed by atoms with Gasteiger partial charge in [0.05, 0.1) is 28.2 Å². The predicted molar refractivity (Wildman–Crippen MR) is 78.6 cm³/mol. The minimum atomic E-state index is -0.954. The summed E-state index contributed by atoms with van der Waals surface area (Å²) in [6.45, 7) is 0. The Bertz CT molecular complexity index is 577. The van der Waals surface area contributed by atoms with Crippen molar-refractivity contribution in [3.05, 3.63) is 34.0 Å². The molecular weight excluding hydrogens is 348 g/mol. The summed E-state index contributed by atoms with van der Waals surface area (Å²) in [7, 11) is 0. The number of carboxylic acid groups (broad SMARTS) is 1. The van der Waals surface area contributed by atoms with Gasteiger partial charge < -0.3 is 10.4 Å². The monoisotopic (exact) mass is 358 g/mol. The summed E-state index contributed by atoms with van der Waals surface area (Å²) in [5, 5.41) is 12.1. The van der Waals surface area contributed by atoms with Crippen molar-refractivity contribution in [2.75, 3.05) is 5.32 Å². The maximum atomic E-state index is 12.2. The highest BCUT2D eigenvalue weighted by molar-refractivity contribution is 9.10. The van der Waals surface area contributed by atoms with Gasteiger partial charge in [-0.2, -0.15) is 0 Å². The van der Waals surface area contributed by atoms with Gasteiger partial charge in [-0.15, -0.1) is 0 Å². The van der Waals surface area contributed by atoms with E-state index in [9.17, 15) is 9.59 Å². The van der Waals surface area contributed by atoms with E-state index in [2.05, 4.69) is 26.2 Å². The van der Waals surface area contributed by atoms with Gasteiger partial charge in [0, 0.05) is 0 Å². The fraction of sp³-hybridized carbons (Fsp3) is 0.308. The Morgan fingerprint density at radius 1 is 1.35 bits per heavy atom. The van der Waals surface area contributed by atoms with Gasteiger partial charge in [0.25, 0.3) is 0 Å². The molecule has 2 unspecified atom stereocenters. The lowest BCUT2D eigenvalue weighted by molar-refractivity contribution is -0.146. The third-order valence-corrected chi connectivity index (χ3v) is 4.28. The lowest BCUT2D eigenvalue weighted by atomic mass is 9.82. The van der Waals surface area contributed by atoms with E-state index in [-0.39, 0.29) is 5.91 Å². The van der Waals surface area contributed by atoms with Crippen LogP contribution >= 0.6 is 27.5 Å². The number of anilines is 1. The fourth-order valence-corrected chi connectivity index (χ4v) is 2.55. The van der Waals surface area contributed by atoms with E-state index in [1.807, 2.05) is 6.08 Å². The second kappa shape index (κ2) is 6.37. The molecule has 106 valence electrons. The zero-order chi connectivity index (χ0) is 14.7. The molecule has 7 heteroatoms. The number of nitrogens with one attached hydrogen (secondary N) is 1. The van der Waals surface area contributed by atoms with E-state index >= 15 is 0 Å². The summed E-state index contributed by atoms with van der Waals surface area (Å²) < 4.78 is 0.565. The lowest BCUT2D eigenvalue weighted by Crippen LogP contribution is -2.34. The standard InChI is InChI=1S/C13H12BrClN2O3/c14-10-5-7(6-16-11(10)15)17-12(18)8-3-1-2-4-9(8)13(19)20/h1-2,5-6,8-9H,3-4H2,(H,17,18)(H,19,20). The quantitative estimate of drug-likeness (QED) is 0.642. The number of allylic oxidation sites excluding steroid dienone is 2. The summed E-state index contributed by atoms with van der Waals surface area (Å²) in [5.74, 6) is -2.54. The van der Waals surface area contributed by atoms with Crippen molar-refractivity contribution in [2.24, 2.45) is 11.8 Å². The van der Waals surface area contributed by atoms with Crippen LogP contribution in [-0.4, -0.2) is 22.0 Å². The third-order valence-electron chi connectivity index (χ3n) is 3.15. The van der Waals surface area contributed by atoms with Gasteiger partial charge in [-0.3, -0.25) is 9.59 Å². The first-order valence-electron chi connectivity index (χ1n) is 5.98. The van der Waals surface area contributed by atoms with Gasteiger partial charge in [-0.25, -0.2) is 4.98 Å². The van der Waals surface area contributed by atoms with Crippen LogP contribution in [0.2, 0.25) is 5.15 Å². The Kier molecular flexibility index (Phi) is 4.77. The summed E-state index contributed by atoms with van der Waals surface area (Å²) in [6.07, 6.45) is 5.85. The molecule has 1 heterocycles. The Balaban J connectivity index is 2.12. The average Bonchev–Trinajstić information content (AvgIpc) is 2.43. The van der Waals surface area contributed by atoms with E-state index < -0.39 is 17.8 Å². The van der Waals surface area contributed by atoms with Crippen LogP contribution in [0.3, 0.4) is 0 Å². The summed E-state index contributed by atoms with van der Waals surface area (Å²) in [4.78, 5) is 27.3. The molecule has 0 saturated heterocycles. The van der Waals surface area contributed by atoms with Crippen molar-refractivity contribution in [1.82, 2.24) is 4.98 Å². The van der Waals surface area contributed by atoms with Gasteiger partial charge in [0.15, 0.2) is 0 Å². The molecule has 1 amide bonds. The van der Waals surface area contributed by atoms with Crippen LogP contribution in [0.15, 0.2) is 28.9 Å². The molecule has 0 fully saturated rings. The molecular formula is C13H12BrClN2O3. The first-order valence-corrected chi connectivity index (χ1v) is 7.16. The number of carbonyl (C=O) groups is 2. The molecule has 2 atom stereocenters. The number of aromatic nitrogens is 1. The topological polar surface area (TPSA) is 79.3 Å². The molecule has 0 aromatic carbocycles. The molecule has 1 aromatic rings. The fourth-order valence-electron chi connectivity index (χ4n) is 2.10. The first kappa shape index (κ1) is 15.0. The zero-order valence-corrected chi connectivity index (χ0v) is 12.7. The highest BCUT2D eigenvalue weighted by atomic mass is 79.9. The second-order valence-corrected chi connectivity index (χ2v) is 5.69. The zero-order valence-electron chi connectivity index (χ0n) is 10.3. The second-order valence-electron chi connectivity index (χ2n) is 4.48. The van der Waals surface area contributed by atoms with Crippen LogP contribution < -0.4 is 5.32 Å². The van der Waals surface area contributed by atoms with Crippen LogP contribution in [-0.2, 0) is 9.59 Å². The number of hydrogen-bond acceptors (Lipinski definition) is 3. The largest absolute Gasteiger partial charge is 0.481 e. The summed E-state index contributed by atoms with van der Waals surface area (Å²) in [6, 6.07) is 1.63. The molecule has 0 radical (unpaired) electrons. The van der Waals surface area contributed by atoms with E-state index in [0.717, 1.165) is 0 Å². The minimum Gasteiger partial charge on any atom is -0.481 e. The number of carboxylic acids is 1. The molecule has 5 nitrogen and oxygen atoms in total. The molecule has 0 spiro atoms. The molecule has 1 aliphatic rings. The van der Waals surface area contributed by atoms with Crippen LogP contribution in [0.4, 0.5) is 5.69 Å². The van der Waals surface area contributed by atoms with Crippen LogP contribution in [0.1, 0.15) is 12.8 Å². The number of rotatable bonds is 3. The van der Waals surface area contributed by atoms with Gasteiger partial charge >= 0.3 is 5.97 Å². The Hall–Kier alpha value is -1.40. The molecule has 2 N–H and O–H groups in total. The van der Waals surface area contributed by atoms with Crippen molar-refractivity contribution < 1.29 is 14.7 Å². The molecule has 0 saturated carbocycles. The number of carbonyl (C=O) groups excluding carboxylic acids is 1. The SMILES string of the molecule is O=C(O)C1CC=CCC1C(=O)Nc1cnc(Cl)c(Br)c1. The Labute approximate surface area is 129 Å². The first-order chi connectivity index (χ1) is 9.49. The highest BCUT2D eigenvalue weighted by Crippen LogP contribution is 2.28. The minimum absolute atomic E-state index is 0.298. The number of pyridine rings is 1. The molecule has 0 bridgehead atoms. The van der Waals surface area contributed by atoms with Gasteiger partial charge in [-0.05, 0) is 34.8 Å². The number of aliphatic carboxylic acids is 1. The maximum absolute atomic E-state index is 12.2. The molecule has 2 rings (SSSR count). The van der Waals surface area contributed by atoms with Crippen molar-refractivity contribution in [1.29, 1.82) is 0 Å². The van der Waals surface area contributed by atoms with Gasteiger partial charge in [0.1, 0.15) is 5.15 Å². The molecule has 20 heavy (non-hydrogen) atoms. The summed E-state index contributed by atoms with van der Waals surface area (Å²) >= 11 is 8.99. The van der Waals surface area contributed by atoms with Crippen LogP contribution in [0.25, 0.3) is 0 Å². The Morgan fingerprint density at radius 3 is 2.60 bits per heavy atom. The number of nitrogens with zero attached hydrogens (tertiary/aromatic N) is 1. The number of amides is 1. The van der Waals surface area contributed by atoms with E-state index in [1.54, 1.807) is 12.1 Å². The van der Waals surface area contributed by atoms with Crippen molar-refractivity contribution in [3.63, 3.8) is 0 Å². The molecule has 0 aliphatic heterocycles. The van der Waals surface area contributed by atoms with E-state index in [1.165, 1.54) is 6.20 Å². The molecule has 1 aromatic heterocycles.